The summed E-state index contributed by atoms with van der Waals surface area (Å²) in [5.74, 6) is 0.497. The highest BCUT2D eigenvalue weighted by Crippen LogP contribution is 2.22. The number of nitro groups is 1. The molecule has 0 fully saturated rings. The summed E-state index contributed by atoms with van der Waals surface area (Å²) in [6.07, 6.45) is 2.28. The van der Waals surface area contributed by atoms with E-state index in [2.05, 4.69) is 10.3 Å². The molecule has 0 aliphatic carbocycles. The lowest BCUT2D eigenvalue weighted by Crippen LogP contribution is -2.08. The number of benzene rings is 1. The Morgan fingerprint density at radius 2 is 2.05 bits per heavy atom. The number of anilines is 1. The van der Waals surface area contributed by atoms with Crippen LogP contribution in [0.15, 0.2) is 36.5 Å². The summed E-state index contributed by atoms with van der Waals surface area (Å²) in [4.78, 5) is 14.6. The maximum Gasteiger partial charge on any atom is 0.311 e. The molecule has 0 amide bonds. The summed E-state index contributed by atoms with van der Waals surface area (Å²) in [6, 6.07) is 8.35. The summed E-state index contributed by atoms with van der Waals surface area (Å²) >= 11 is 0. The SMILES string of the molecule is Cc1cnc(NCCc2ccc(O)cc2)c([N+](=O)[O-])c1. The van der Waals surface area contributed by atoms with Crippen molar-refractivity contribution in [1.82, 2.24) is 4.98 Å². The second-order valence-corrected chi connectivity index (χ2v) is 4.48. The van der Waals surface area contributed by atoms with Crippen molar-refractivity contribution in [2.75, 3.05) is 11.9 Å². The van der Waals surface area contributed by atoms with E-state index < -0.39 is 4.92 Å². The van der Waals surface area contributed by atoms with Crippen molar-refractivity contribution in [2.24, 2.45) is 0 Å². The molecule has 0 unspecified atom stereocenters. The summed E-state index contributed by atoms with van der Waals surface area (Å²) < 4.78 is 0. The number of nitrogens with zero attached hydrogens (tertiary/aromatic N) is 2. The standard InChI is InChI=1S/C14H15N3O3/c1-10-8-13(17(19)20)14(16-9-10)15-7-6-11-2-4-12(18)5-3-11/h2-5,8-9,18H,6-7H2,1H3,(H,15,16). The number of phenolic OH excluding ortho intramolecular Hbond substituents is 1. The summed E-state index contributed by atoms with van der Waals surface area (Å²) in [5.41, 5.74) is 1.77. The fourth-order valence-corrected chi connectivity index (χ4v) is 1.82. The Morgan fingerprint density at radius 3 is 2.70 bits per heavy atom. The van der Waals surface area contributed by atoms with Crippen molar-refractivity contribution in [2.45, 2.75) is 13.3 Å². The van der Waals surface area contributed by atoms with E-state index in [9.17, 15) is 15.2 Å². The van der Waals surface area contributed by atoms with Crippen molar-refractivity contribution >= 4 is 11.5 Å². The normalized spacial score (nSPS) is 10.2. The number of nitrogens with one attached hydrogen (secondary N) is 1. The highest BCUT2D eigenvalue weighted by Gasteiger charge is 2.14. The summed E-state index contributed by atoms with van der Waals surface area (Å²) in [6.45, 7) is 2.29. The molecule has 1 aromatic heterocycles. The van der Waals surface area contributed by atoms with Gasteiger partial charge in [-0.1, -0.05) is 12.1 Å². The van der Waals surface area contributed by atoms with Gasteiger partial charge in [0.1, 0.15) is 5.75 Å². The van der Waals surface area contributed by atoms with Gasteiger partial charge in [0.25, 0.3) is 0 Å². The first kappa shape index (κ1) is 13.8. The van der Waals surface area contributed by atoms with Gasteiger partial charge in [-0.15, -0.1) is 0 Å². The third kappa shape index (κ3) is 3.44. The molecule has 20 heavy (non-hydrogen) atoms. The van der Waals surface area contributed by atoms with Crippen molar-refractivity contribution in [3.05, 3.63) is 57.8 Å². The van der Waals surface area contributed by atoms with Crippen LogP contribution in [0.2, 0.25) is 0 Å². The summed E-state index contributed by atoms with van der Waals surface area (Å²) in [5, 5.41) is 23.1. The van der Waals surface area contributed by atoms with Gasteiger partial charge in [-0.3, -0.25) is 10.1 Å². The highest BCUT2D eigenvalue weighted by molar-refractivity contribution is 5.56. The number of pyridine rings is 1. The molecule has 0 aliphatic rings. The van der Waals surface area contributed by atoms with Gasteiger partial charge in [0, 0.05) is 18.8 Å². The molecular formula is C14H15N3O3. The lowest BCUT2D eigenvalue weighted by Gasteiger charge is -2.07. The van der Waals surface area contributed by atoms with E-state index in [1.165, 1.54) is 6.07 Å². The Morgan fingerprint density at radius 1 is 1.35 bits per heavy atom. The van der Waals surface area contributed by atoms with Gasteiger partial charge in [-0.05, 0) is 36.6 Å². The second kappa shape index (κ2) is 6.01. The van der Waals surface area contributed by atoms with Crippen LogP contribution in [0.1, 0.15) is 11.1 Å². The maximum absolute atomic E-state index is 10.9. The molecule has 1 heterocycles. The van der Waals surface area contributed by atoms with Crippen molar-refractivity contribution in [3.63, 3.8) is 0 Å². The van der Waals surface area contributed by atoms with E-state index in [1.807, 2.05) is 12.1 Å². The summed E-state index contributed by atoms with van der Waals surface area (Å²) in [7, 11) is 0. The Bertz CT molecular complexity index is 612. The van der Waals surface area contributed by atoms with Gasteiger partial charge in [-0.2, -0.15) is 0 Å². The number of hydrogen-bond acceptors (Lipinski definition) is 5. The molecular weight excluding hydrogens is 258 g/mol. The first-order chi connectivity index (χ1) is 9.56. The van der Waals surface area contributed by atoms with Crippen LogP contribution >= 0.6 is 0 Å². The van der Waals surface area contributed by atoms with Crippen molar-refractivity contribution in [1.29, 1.82) is 0 Å². The van der Waals surface area contributed by atoms with Gasteiger partial charge in [0.2, 0.25) is 5.82 Å². The van der Waals surface area contributed by atoms with E-state index in [0.29, 0.717) is 13.0 Å². The zero-order chi connectivity index (χ0) is 14.5. The number of hydrogen-bond donors (Lipinski definition) is 2. The average Bonchev–Trinajstić information content (AvgIpc) is 2.42. The van der Waals surface area contributed by atoms with E-state index in [4.69, 9.17) is 0 Å². The molecule has 6 nitrogen and oxygen atoms in total. The predicted molar refractivity (Wildman–Crippen MR) is 75.9 cm³/mol. The molecule has 2 N–H and O–H groups in total. The van der Waals surface area contributed by atoms with Crippen LogP contribution in [0, 0.1) is 17.0 Å². The third-order valence-corrected chi connectivity index (χ3v) is 2.84. The zero-order valence-corrected chi connectivity index (χ0v) is 11.0. The van der Waals surface area contributed by atoms with Gasteiger partial charge >= 0.3 is 5.69 Å². The van der Waals surface area contributed by atoms with Crippen LogP contribution in [0.25, 0.3) is 0 Å². The lowest BCUT2D eigenvalue weighted by atomic mass is 10.1. The van der Waals surface area contributed by atoms with Crippen LogP contribution in [0.3, 0.4) is 0 Å². The number of aryl methyl sites for hydroxylation is 1. The monoisotopic (exact) mass is 273 g/mol. The topological polar surface area (TPSA) is 88.3 Å². The molecule has 6 heteroatoms. The third-order valence-electron chi connectivity index (χ3n) is 2.84. The Labute approximate surface area is 116 Å². The van der Waals surface area contributed by atoms with Crippen LogP contribution in [-0.2, 0) is 6.42 Å². The fourth-order valence-electron chi connectivity index (χ4n) is 1.82. The molecule has 0 saturated carbocycles. The smallest absolute Gasteiger partial charge is 0.311 e. The molecule has 0 radical (unpaired) electrons. The van der Waals surface area contributed by atoms with Crippen molar-refractivity contribution < 1.29 is 10.0 Å². The van der Waals surface area contributed by atoms with E-state index in [-0.39, 0.29) is 17.3 Å². The second-order valence-electron chi connectivity index (χ2n) is 4.48. The van der Waals surface area contributed by atoms with Crippen LogP contribution in [0.5, 0.6) is 5.75 Å². The molecule has 0 atom stereocenters. The largest absolute Gasteiger partial charge is 0.508 e. The highest BCUT2D eigenvalue weighted by atomic mass is 16.6. The fraction of sp³-hybridized carbons (Fsp3) is 0.214. The van der Waals surface area contributed by atoms with E-state index in [0.717, 1.165) is 11.1 Å². The number of phenols is 1. The number of rotatable bonds is 5. The first-order valence-electron chi connectivity index (χ1n) is 6.19. The molecule has 1 aromatic carbocycles. The average molecular weight is 273 g/mol. The molecule has 0 spiro atoms. The van der Waals surface area contributed by atoms with E-state index in [1.54, 1.807) is 25.3 Å². The van der Waals surface area contributed by atoms with Gasteiger partial charge in [0.15, 0.2) is 0 Å². The Hall–Kier alpha value is -2.63. The minimum absolute atomic E-state index is 0.0179. The molecule has 2 aromatic rings. The molecule has 2 rings (SSSR count). The Kier molecular flexibility index (Phi) is 4.14. The first-order valence-corrected chi connectivity index (χ1v) is 6.19. The zero-order valence-electron chi connectivity index (χ0n) is 11.0. The Balaban J connectivity index is 2.00. The lowest BCUT2D eigenvalue weighted by molar-refractivity contribution is -0.384. The van der Waals surface area contributed by atoms with E-state index >= 15 is 0 Å². The van der Waals surface area contributed by atoms with Crippen LogP contribution < -0.4 is 5.32 Å². The van der Waals surface area contributed by atoms with Gasteiger partial charge < -0.3 is 10.4 Å². The van der Waals surface area contributed by atoms with Crippen molar-refractivity contribution in [3.8, 4) is 5.75 Å². The van der Waals surface area contributed by atoms with Crippen LogP contribution in [0.4, 0.5) is 11.5 Å². The van der Waals surface area contributed by atoms with Gasteiger partial charge in [0.05, 0.1) is 4.92 Å². The molecule has 0 bridgehead atoms. The molecule has 0 aliphatic heterocycles. The molecule has 104 valence electrons. The van der Waals surface area contributed by atoms with Crippen LogP contribution in [-0.4, -0.2) is 21.6 Å². The quantitative estimate of drug-likeness (QED) is 0.645. The number of aromatic nitrogens is 1. The molecule has 0 saturated heterocycles. The van der Waals surface area contributed by atoms with Gasteiger partial charge in [-0.25, -0.2) is 4.98 Å². The minimum atomic E-state index is -0.442. The number of aromatic hydroxyl groups is 1. The predicted octanol–water partition coefficient (Wildman–Crippen LogP) is 2.66. The minimum Gasteiger partial charge on any atom is -0.508 e. The maximum atomic E-state index is 10.9.